The van der Waals surface area contributed by atoms with Gasteiger partial charge in [-0.05, 0) is 35.6 Å². The van der Waals surface area contributed by atoms with E-state index in [0.29, 0.717) is 18.5 Å². The molecule has 1 unspecified atom stereocenters. The molecule has 1 N–H and O–H groups in total. The maximum Gasteiger partial charge on any atom is 0.255 e. The van der Waals surface area contributed by atoms with Crippen LogP contribution in [0.4, 0.5) is 5.69 Å². The first-order valence-electron chi connectivity index (χ1n) is 11.4. The number of para-hydroxylation sites is 1. The van der Waals surface area contributed by atoms with Crippen LogP contribution >= 0.6 is 0 Å². The van der Waals surface area contributed by atoms with Crippen molar-refractivity contribution in [1.29, 1.82) is 5.26 Å². The highest BCUT2D eigenvalue weighted by Crippen LogP contribution is 2.46. The van der Waals surface area contributed by atoms with Crippen molar-refractivity contribution in [2.24, 2.45) is 5.92 Å². The van der Waals surface area contributed by atoms with Crippen LogP contribution in [0.5, 0.6) is 0 Å². The van der Waals surface area contributed by atoms with Gasteiger partial charge in [-0.2, -0.15) is 5.26 Å². The average molecular weight is 443 g/mol. The van der Waals surface area contributed by atoms with Gasteiger partial charge in [0.2, 0.25) is 11.8 Å². The van der Waals surface area contributed by atoms with Crippen molar-refractivity contribution in [3.8, 4) is 6.07 Å². The van der Waals surface area contributed by atoms with E-state index in [2.05, 4.69) is 11.4 Å². The molecular weight excluding hydrogens is 416 g/mol. The molecule has 3 heterocycles. The van der Waals surface area contributed by atoms with E-state index in [0.717, 1.165) is 16.8 Å². The zero-order chi connectivity index (χ0) is 23.3. The van der Waals surface area contributed by atoms with Gasteiger partial charge in [0, 0.05) is 30.8 Å². The molecule has 0 aromatic heterocycles. The number of fused-ring (bicyclic) bond motifs is 3. The molecule has 2 aromatic carbocycles. The lowest BCUT2D eigenvalue weighted by molar-refractivity contribution is -0.137. The lowest BCUT2D eigenvalue weighted by Gasteiger charge is -2.33. The molecule has 0 aliphatic carbocycles. The molecule has 0 radical (unpaired) electrons. The highest BCUT2D eigenvalue weighted by Gasteiger charge is 2.57. The fourth-order valence-corrected chi connectivity index (χ4v) is 5.51. The molecule has 1 fully saturated rings. The summed E-state index contributed by atoms with van der Waals surface area (Å²) >= 11 is 0. The minimum Gasteiger partial charge on any atom is -0.325 e. The van der Waals surface area contributed by atoms with Crippen LogP contribution in [0.1, 0.15) is 48.2 Å². The Kier molecular flexibility index (Phi) is 4.97. The van der Waals surface area contributed by atoms with Crippen molar-refractivity contribution >= 4 is 23.4 Å². The van der Waals surface area contributed by atoms with Crippen LogP contribution in [-0.2, 0) is 21.5 Å². The number of rotatable bonds is 4. The van der Waals surface area contributed by atoms with Gasteiger partial charge < -0.3 is 15.1 Å². The van der Waals surface area contributed by atoms with Gasteiger partial charge in [0.15, 0.2) is 0 Å². The van der Waals surface area contributed by atoms with E-state index in [4.69, 9.17) is 0 Å². The third kappa shape index (κ3) is 3.20. The fraction of sp³-hybridized carbons (Fsp3) is 0.385. The molecule has 1 spiro atoms. The van der Waals surface area contributed by atoms with Crippen LogP contribution in [0.15, 0.2) is 48.5 Å². The number of nitrogens with zero attached hydrogens (tertiary/aromatic N) is 3. The van der Waals surface area contributed by atoms with Gasteiger partial charge in [0.25, 0.3) is 5.91 Å². The first-order chi connectivity index (χ1) is 15.9. The Bertz CT molecular complexity index is 1200. The number of anilines is 1. The summed E-state index contributed by atoms with van der Waals surface area (Å²) in [6, 6.07) is 15.7. The third-order valence-electron chi connectivity index (χ3n) is 7.12. The maximum absolute atomic E-state index is 13.9. The second-order valence-corrected chi connectivity index (χ2v) is 9.63. The molecule has 3 amide bonds. The molecule has 3 aliphatic heterocycles. The second kappa shape index (κ2) is 7.73. The lowest BCUT2D eigenvalue weighted by atomic mass is 9.80. The minimum atomic E-state index is -0.937. The lowest BCUT2D eigenvalue weighted by Crippen LogP contribution is -2.51. The number of amides is 3. The first kappa shape index (κ1) is 21.2. The van der Waals surface area contributed by atoms with Gasteiger partial charge in [0.05, 0.1) is 11.5 Å². The first-order valence-corrected chi connectivity index (χ1v) is 11.4. The second-order valence-electron chi connectivity index (χ2n) is 9.63. The maximum atomic E-state index is 13.9. The molecule has 3 atom stereocenters. The normalized spacial score (nSPS) is 24.1. The molecular formula is C26H26N4O3. The molecule has 33 heavy (non-hydrogen) atoms. The Labute approximate surface area is 193 Å². The van der Waals surface area contributed by atoms with E-state index in [1.54, 1.807) is 11.0 Å². The summed E-state index contributed by atoms with van der Waals surface area (Å²) < 4.78 is 0. The fourth-order valence-electron chi connectivity index (χ4n) is 5.51. The van der Waals surface area contributed by atoms with Crippen LogP contribution in [0, 0.1) is 17.2 Å². The number of hydrogen-bond acceptors (Lipinski definition) is 4. The van der Waals surface area contributed by atoms with Crippen molar-refractivity contribution in [2.75, 3.05) is 11.9 Å². The monoisotopic (exact) mass is 442 g/mol. The standard InChI is InChI=1S/C26H26N4O3/c1-16(2)11-22(29-14-17-7-3-4-8-19(17)23(29)31)24(32)30-15-26(12-18(30)13-27)20-9-5-6-10-21(20)28-25(26)33/h3-10,16,18,22H,11-12,14-15H2,1-2H3,(H,28,33)/t18?,22-,26-/m0/s1. The van der Waals surface area contributed by atoms with Crippen LogP contribution < -0.4 is 5.32 Å². The quantitative estimate of drug-likeness (QED) is 0.788. The largest absolute Gasteiger partial charge is 0.325 e. The van der Waals surface area contributed by atoms with E-state index < -0.39 is 17.5 Å². The van der Waals surface area contributed by atoms with Crippen molar-refractivity contribution in [3.05, 3.63) is 65.2 Å². The third-order valence-corrected chi connectivity index (χ3v) is 7.12. The van der Waals surface area contributed by atoms with Crippen molar-refractivity contribution in [3.63, 3.8) is 0 Å². The number of nitrogens with one attached hydrogen (secondary N) is 1. The Morgan fingerprint density at radius 1 is 1.18 bits per heavy atom. The molecule has 0 bridgehead atoms. The molecule has 2 aromatic rings. The molecule has 3 aliphatic rings. The summed E-state index contributed by atoms with van der Waals surface area (Å²) in [5.41, 5.74) is 2.15. The highest BCUT2D eigenvalue weighted by atomic mass is 16.2. The molecule has 1 saturated heterocycles. The Morgan fingerprint density at radius 3 is 2.64 bits per heavy atom. The van der Waals surface area contributed by atoms with Crippen LogP contribution in [0.25, 0.3) is 0 Å². The van der Waals surface area contributed by atoms with Crippen molar-refractivity contribution in [1.82, 2.24) is 9.80 Å². The summed E-state index contributed by atoms with van der Waals surface area (Å²) in [4.78, 5) is 43.4. The Morgan fingerprint density at radius 2 is 1.91 bits per heavy atom. The van der Waals surface area contributed by atoms with E-state index in [9.17, 15) is 19.6 Å². The summed E-state index contributed by atoms with van der Waals surface area (Å²) in [6.45, 7) is 4.54. The van der Waals surface area contributed by atoms with Gasteiger partial charge in [0.1, 0.15) is 12.1 Å². The van der Waals surface area contributed by atoms with E-state index >= 15 is 0 Å². The van der Waals surface area contributed by atoms with Gasteiger partial charge in [-0.15, -0.1) is 0 Å². The zero-order valence-electron chi connectivity index (χ0n) is 18.7. The molecule has 5 rings (SSSR count). The van der Waals surface area contributed by atoms with Gasteiger partial charge >= 0.3 is 0 Å². The number of carbonyl (C=O) groups is 3. The van der Waals surface area contributed by atoms with Crippen LogP contribution in [0.2, 0.25) is 0 Å². The van der Waals surface area contributed by atoms with Gasteiger partial charge in [-0.25, -0.2) is 0 Å². The number of nitriles is 1. The van der Waals surface area contributed by atoms with Crippen molar-refractivity contribution in [2.45, 2.75) is 50.7 Å². The Hall–Kier alpha value is -3.66. The number of benzene rings is 2. The van der Waals surface area contributed by atoms with Crippen molar-refractivity contribution < 1.29 is 14.4 Å². The predicted octanol–water partition coefficient (Wildman–Crippen LogP) is 3.07. The summed E-state index contributed by atoms with van der Waals surface area (Å²) in [5, 5.41) is 12.8. The predicted molar refractivity (Wildman–Crippen MR) is 122 cm³/mol. The smallest absolute Gasteiger partial charge is 0.255 e. The summed E-state index contributed by atoms with van der Waals surface area (Å²) in [7, 11) is 0. The zero-order valence-corrected chi connectivity index (χ0v) is 18.7. The topological polar surface area (TPSA) is 93.5 Å². The van der Waals surface area contributed by atoms with E-state index in [1.165, 1.54) is 4.90 Å². The molecule has 7 nitrogen and oxygen atoms in total. The summed E-state index contributed by atoms with van der Waals surface area (Å²) in [6.07, 6.45) is 0.740. The van der Waals surface area contributed by atoms with Gasteiger partial charge in [-0.3, -0.25) is 14.4 Å². The molecule has 168 valence electrons. The molecule has 0 saturated carbocycles. The minimum absolute atomic E-state index is 0.135. The molecule has 7 heteroatoms. The summed E-state index contributed by atoms with van der Waals surface area (Å²) in [5.74, 6) is -0.422. The average Bonchev–Trinajstić information content (AvgIpc) is 3.45. The van der Waals surface area contributed by atoms with Gasteiger partial charge in [-0.1, -0.05) is 50.2 Å². The SMILES string of the molecule is CC(C)C[C@@H](C(=O)N1C[C@]2(CC1C#N)C(=O)Nc1ccccc12)N1Cc2ccccc2C1=O. The Balaban J connectivity index is 1.48. The number of carbonyl (C=O) groups excluding carboxylic acids is 3. The van der Waals surface area contributed by atoms with E-state index in [1.807, 2.05) is 56.3 Å². The van der Waals surface area contributed by atoms with E-state index in [-0.39, 0.29) is 36.6 Å². The number of hydrogen-bond donors (Lipinski definition) is 1. The number of likely N-dealkylation sites (tertiary alicyclic amines) is 1. The van der Waals surface area contributed by atoms with Crippen LogP contribution in [0.3, 0.4) is 0 Å². The highest BCUT2D eigenvalue weighted by molar-refractivity contribution is 6.07. The van der Waals surface area contributed by atoms with Crippen LogP contribution in [-0.4, -0.2) is 46.1 Å².